The second kappa shape index (κ2) is 8.64. The molecule has 3 nitrogen and oxygen atoms in total. The summed E-state index contributed by atoms with van der Waals surface area (Å²) in [5.74, 6) is 0. The van der Waals surface area contributed by atoms with Gasteiger partial charge in [-0.05, 0) is 38.4 Å². The van der Waals surface area contributed by atoms with Crippen LogP contribution < -0.4 is 0 Å². The molecule has 152 valence electrons. The molecule has 9 heteroatoms. The van der Waals surface area contributed by atoms with Gasteiger partial charge in [-0.3, -0.25) is 0 Å². The first kappa shape index (κ1) is 21.7. The summed E-state index contributed by atoms with van der Waals surface area (Å²) in [7, 11) is 3.64. The van der Waals surface area contributed by atoms with E-state index in [4.69, 9.17) is 4.84 Å². The summed E-state index contributed by atoms with van der Waals surface area (Å²) in [4.78, 5) is 7.05. The lowest BCUT2D eigenvalue weighted by Gasteiger charge is -2.12. The molecule has 0 heterocycles. The van der Waals surface area contributed by atoms with Gasteiger partial charge in [-0.25, -0.2) is 0 Å². The van der Waals surface area contributed by atoms with Crippen molar-refractivity contribution in [2.24, 2.45) is 5.16 Å². The molecule has 0 unspecified atom stereocenters. The van der Waals surface area contributed by atoms with Crippen molar-refractivity contribution < 1.29 is 31.2 Å². The average Bonchev–Trinajstić information content (AvgIpc) is 2.60. The average molecular weight is 404 g/mol. The first-order valence-electron chi connectivity index (χ1n) is 8.18. The molecule has 0 saturated carbocycles. The fourth-order valence-electron chi connectivity index (χ4n) is 2.24. The van der Waals surface area contributed by atoms with Gasteiger partial charge in [0.1, 0.15) is 12.3 Å². The Hall–Kier alpha value is -2.55. The van der Waals surface area contributed by atoms with Gasteiger partial charge in [-0.1, -0.05) is 29.4 Å². The van der Waals surface area contributed by atoms with Gasteiger partial charge in [0.2, 0.25) is 0 Å². The Balaban J connectivity index is 2.35. The van der Waals surface area contributed by atoms with E-state index in [0.717, 1.165) is 24.3 Å². The summed E-state index contributed by atoms with van der Waals surface area (Å²) in [6.45, 7) is 0.745. The third-order valence-electron chi connectivity index (χ3n) is 3.76. The predicted molar refractivity (Wildman–Crippen MR) is 93.0 cm³/mol. The maximum absolute atomic E-state index is 12.8. The number of rotatable bonds is 6. The number of alkyl halides is 6. The fraction of sp³-hybridized carbons (Fsp3) is 0.316. The second-order valence-electron chi connectivity index (χ2n) is 6.23. The van der Waals surface area contributed by atoms with Crippen LogP contribution in [-0.2, 0) is 17.2 Å². The first-order chi connectivity index (χ1) is 13.0. The van der Waals surface area contributed by atoms with Gasteiger partial charge in [0.15, 0.2) is 0 Å². The van der Waals surface area contributed by atoms with E-state index in [1.165, 1.54) is 24.3 Å². The Morgan fingerprint density at radius 1 is 0.786 bits per heavy atom. The molecule has 0 radical (unpaired) electrons. The van der Waals surface area contributed by atoms with E-state index in [9.17, 15) is 26.3 Å². The summed E-state index contributed by atoms with van der Waals surface area (Å²) in [6.07, 6.45) is -8.99. The van der Waals surface area contributed by atoms with Crippen LogP contribution in [0.2, 0.25) is 0 Å². The number of likely N-dealkylation sites (N-methyl/N-ethyl adjacent to an activating group) is 1. The molecule has 2 aromatic rings. The largest absolute Gasteiger partial charge is 0.416 e. The van der Waals surface area contributed by atoms with Crippen LogP contribution in [0, 0.1) is 0 Å². The van der Waals surface area contributed by atoms with Gasteiger partial charge >= 0.3 is 12.4 Å². The Morgan fingerprint density at radius 2 is 1.18 bits per heavy atom. The van der Waals surface area contributed by atoms with Crippen LogP contribution in [0.4, 0.5) is 26.3 Å². The molecule has 0 aliphatic heterocycles. The van der Waals surface area contributed by atoms with Crippen LogP contribution in [0.3, 0.4) is 0 Å². The van der Waals surface area contributed by atoms with Crippen molar-refractivity contribution in [3.8, 4) is 0 Å². The highest BCUT2D eigenvalue weighted by atomic mass is 19.4. The van der Waals surface area contributed by atoms with Crippen molar-refractivity contribution in [1.82, 2.24) is 4.90 Å². The number of benzene rings is 2. The van der Waals surface area contributed by atoms with Crippen molar-refractivity contribution in [3.63, 3.8) is 0 Å². The molecule has 0 N–H and O–H groups in total. The zero-order valence-electron chi connectivity index (χ0n) is 15.1. The summed E-state index contributed by atoms with van der Waals surface area (Å²) in [5, 5.41) is 3.95. The fourth-order valence-corrected chi connectivity index (χ4v) is 2.24. The lowest BCUT2D eigenvalue weighted by Crippen LogP contribution is -2.17. The Morgan fingerprint density at radius 3 is 1.50 bits per heavy atom. The summed E-state index contributed by atoms with van der Waals surface area (Å²) >= 11 is 0. The van der Waals surface area contributed by atoms with E-state index in [2.05, 4.69) is 5.16 Å². The highest BCUT2D eigenvalue weighted by Gasteiger charge is 2.31. The minimum atomic E-state index is -4.49. The number of hydrogen-bond acceptors (Lipinski definition) is 3. The van der Waals surface area contributed by atoms with Gasteiger partial charge in [0.05, 0.1) is 11.1 Å². The van der Waals surface area contributed by atoms with Crippen molar-refractivity contribution in [1.29, 1.82) is 0 Å². The van der Waals surface area contributed by atoms with Gasteiger partial charge in [0.25, 0.3) is 0 Å². The monoisotopic (exact) mass is 404 g/mol. The minimum absolute atomic E-state index is 0.140. The van der Waals surface area contributed by atoms with Crippen LogP contribution in [0.1, 0.15) is 22.3 Å². The summed E-state index contributed by atoms with van der Waals surface area (Å²) < 4.78 is 76.5. The predicted octanol–water partition coefficient (Wildman–Crippen LogP) is 5.05. The molecular weight excluding hydrogens is 386 g/mol. The van der Waals surface area contributed by atoms with Crippen LogP contribution in [0.25, 0.3) is 0 Å². The van der Waals surface area contributed by atoms with Gasteiger partial charge in [0, 0.05) is 17.7 Å². The maximum atomic E-state index is 12.8. The molecule has 0 bridgehead atoms. The molecule has 2 rings (SSSR count). The molecule has 2 aromatic carbocycles. The van der Waals surface area contributed by atoms with Crippen molar-refractivity contribution in [2.75, 3.05) is 27.2 Å². The van der Waals surface area contributed by atoms with E-state index in [1.807, 2.05) is 19.0 Å². The zero-order valence-corrected chi connectivity index (χ0v) is 15.1. The zero-order chi connectivity index (χ0) is 20.9. The van der Waals surface area contributed by atoms with E-state index >= 15 is 0 Å². The van der Waals surface area contributed by atoms with Crippen molar-refractivity contribution in [2.45, 2.75) is 12.4 Å². The van der Waals surface area contributed by atoms with Crippen LogP contribution >= 0.6 is 0 Å². The molecule has 0 atom stereocenters. The summed E-state index contributed by atoms with van der Waals surface area (Å²) in [5.41, 5.74) is -0.954. The standard InChI is InChI=1S/C19H18F6N2O/c1-27(2)11-12-28-26-17(13-3-7-15(8-4-13)18(20,21)22)14-5-9-16(10-6-14)19(23,24)25/h3-10H,11-12H2,1-2H3. The van der Waals surface area contributed by atoms with E-state index in [-0.39, 0.29) is 23.4 Å². The van der Waals surface area contributed by atoms with E-state index in [0.29, 0.717) is 6.54 Å². The van der Waals surface area contributed by atoms with E-state index in [1.54, 1.807) is 0 Å². The Kier molecular flexibility index (Phi) is 6.71. The molecule has 0 spiro atoms. The second-order valence-corrected chi connectivity index (χ2v) is 6.23. The molecule has 0 aliphatic rings. The maximum Gasteiger partial charge on any atom is 0.416 e. The van der Waals surface area contributed by atoms with Gasteiger partial charge in [-0.2, -0.15) is 26.3 Å². The minimum Gasteiger partial charge on any atom is -0.394 e. The molecule has 0 amide bonds. The Bertz CT molecular complexity index is 734. The molecule has 0 aromatic heterocycles. The smallest absolute Gasteiger partial charge is 0.394 e. The number of nitrogens with zero attached hydrogens (tertiary/aromatic N) is 2. The van der Waals surface area contributed by atoms with Crippen LogP contribution in [0.15, 0.2) is 53.7 Å². The normalized spacial score (nSPS) is 12.2. The third kappa shape index (κ3) is 5.98. The summed E-state index contributed by atoms with van der Waals surface area (Å²) in [6, 6.07) is 8.35. The molecule has 0 fully saturated rings. The highest BCUT2D eigenvalue weighted by Crippen LogP contribution is 2.31. The lowest BCUT2D eigenvalue weighted by molar-refractivity contribution is -0.138. The number of hydrogen-bond donors (Lipinski definition) is 0. The van der Waals surface area contributed by atoms with E-state index < -0.39 is 23.5 Å². The Labute approximate surface area is 158 Å². The number of oxime groups is 1. The van der Waals surface area contributed by atoms with Gasteiger partial charge < -0.3 is 9.74 Å². The topological polar surface area (TPSA) is 24.8 Å². The van der Waals surface area contributed by atoms with Gasteiger partial charge in [-0.15, -0.1) is 0 Å². The third-order valence-corrected chi connectivity index (χ3v) is 3.76. The molecule has 28 heavy (non-hydrogen) atoms. The SMILES string of the molecule is CN(C)CCON=C(c1ccc(C(F)(F)F)cc1)c1ccc(C(F)(F)F)cc1. The quantitative estimate of drug-likeness (QED) is 0.291. The van der Waals surface area contributed by atoms with Crippen molar-refractivity contribution >= 4 is 5.71 Å². The van der Waals surface area contributed by atoms with Crippen molar-refractivity contribution in [3.05, 3.63) is 70.8 Å². The molecule has 0 saturated heterocycles. The first-order valence-corrected chi connectivity index (χ1v) is 8.18. The molecule has 0 aliphatic carbocycles. The van der Waals surface area contributed by atoms with Crippen LogP contribution in [-0.4, -0.2) is 37.9 Å². The number of halogens is 6. The highest BCUT2D eigenvalue weighted by molar-refractivity contribution is 6.12. The molecular formula is C19H18F6N2O. The lowest BCUT2D eigenvalue weighted by atomic mass is 10.00. The van der Waals surface area contributed by atoms with Crippen LogP contribution in [0.5, 0.6) is 0 Å².